The number of terminal acetylenes is 1. The first kappa shape index (κ1) is 19.6. The van der Waals surface area contributed by atoms with E-state index >= 15 is 0 Å². The molecule has 0 rings (SSSR count). The third-order valence-corrected chi connectivity index (χ3v) is 3.82. The molecule has 0 heteroatoms. The van der Waals surface area contributed by atoms with Gasteiger partial charge >= 0.3 is 0 Å². The van der Waals surface area contributed by atoms with Crippen molar-refractivity contribution in [3.05, 3.63) is 24.8 Å². The van der Waals surface area contributed by atoms with Crippen LogP contribution in [0.25, 0.3) is 0 Å². The molecule has 0 spiro atoms. The summed E-state index contributed by atoms with van der Waals surface area (Å²) in [6, 6.07) is 0. The molecule has 0 N–H and O–H groups in total. The molecule has 116 valence electrons. The van der Waals surface area contributed by atoms with Gasteiger partial charge in [0.15, 0.2) is 0 Å². The van der Waals surface area contributed by atoms with Gasteiger partial charge in [0.25, 0.3) is 0 Å². The Morgan fingerprint density at radius 2 is 1.76 bits per heavy atom. The van der Waals surface area contributed by atoms with E-state index in [4.69, 9.17) is 6.42 Å². The van der Waals surface area contributed by atoms with Gasteiger partial charge in [-0.15, -0.1) is 24.8 Å². The molecule has 0 radical (unpaired) electrons. The third kappa shape index (κ3) is 10.0. The van der Waals surface area contributed by atoms with E-state index in [9.17, 15) is 0 Å². The van der Waals surface area contributed by atoms with Crippen LogP contribution in [0.15, 0.2) is 24.8 Å². The standard InChI is InChI=1S/C21H32/c1-5-9-11-12-13-14-15-16-20-21(17-7-3,18-8-4)19-10-6-2/h3,6,12-13H,2,5,9-11,14-17,19-20H2,1,4H3. The third-order valence-electron chi connectivity index (χ3n) is 3.82. The normalized spacial score (nSPS) is 13.2. The van der Waals surface area contributed by atoms with E-state index in [2.05, 4.69) is 43.4 Å². The molecular formula is C21H32. The lowest BCUT2D eigenvalue weighted by atomic mass is 9.76. The minimum Gasteiger partial charge on any atom is -0.120 e. The van der Waals surface area contributed by atoms with E-state index in [1.807, 2.05) is 13.0 Å². The number of hydrogen-bond donors (Lipinski definition) is 0. The van der Waals surface area contributed by atoms with Gasteiger partial charge in [-0.2, -0.15) is 0 Å². The van der Waals surface area contributed by atoms with Gasteiger partial charge in [0.05, 0.1) is 0 Å². The van der Waals surface area contributed by atoms with Gasteiger partial charge in [0.2, 0.25) is 0 Å². The van der Waals surface area contributed by atoms with Gasteiger partial charge in [-0.3, -0.25) is 0 Å². The molecule has 0 aromatic rings. The van der Waals surface area contributed by atoms with Crippen LogP contribution in [-0.4, -0.2) is 0 Å². The summed E-state index contributed by atoms with van der Waals surface area (Å²) in [6.45, 7) is 7.97. The summed E-state index contributed by atoms with van der Waals surface area (Å²) in [6.07, 6.45) is 23.5. The van der Waals surface area contributed by atoms with Crippen molar-refractivity contribution in [1.29, 1.82) is 0 Å². The minimum absolute atomic E-state index is 0.00359. The van der Waals surface area contributed by atoms with Crippen LogP contribution in [0, 0.1) is 29.6 Å². The first-order chi connectivity index (χ1) is 10.2. The maximum atomic E-state index is 5.56. The van der Waals surface area contributed by atoms with E-state index in [0.29, 0.717) is 0 Å². The van der Waals surface area contributed by atoms with Crippen LogP contribution >= 0.6 is 0 Å². The summed E-state index contributed by atoms with van der Waals surface area (Å²) in [7, 11) is 0. The summed E-state index contributed by atoms with van der Waals surface area (Å²) in [5, 5.41) is 0. The van der Waals surface area contributed by atoms with E-state index < -0.39 is 0 Å². The molecule has 21 heavy (non-hydrogen) atoms. The summed E-state index contributed by atoms with van der Waals surface area (Å²) in [5.74, 6) is 9.30. The molecule has 0 saturated carbocycles. The van der Waals surface area contributed by atoms with Crippen molar-refractivity contribution in [2.45, 2.75) is 78.1 Å². The lowest BCUT2D eigenvalue weighted by Gasteiger charge is -2.26. The Balaban J connectivity index is 4.22. The second kappa shape index (κ2) is 13.6. The Morgan fingerprint density at radius 1 is 1.05 bits per heavy atom. The molecule has 0 fully saturated rings. The Bertz CT molecular complexity index is 382. The molecule has 0 aromatic heterocycles. The molecule has 0 aliphatic carbocycles. The summed E-state index contributed by atoms with van der Waals surface area (Å²) >= 11 is 0. The van der Waals surface area contributed by atoms with Crippen molar-refractivity contribution >= 4 is 0 Å². The molecule has 0 heterocycles. The van der Waals surface area contributed by atoms with E-state index in [-0.39, 0.29) is 5.41 Å². The van der Waals surface area contributed by atoms with Crippen molar-refractivity contribution in [3.8, 4) is 24.2 Å². The predicted molar refractivity (Wildman–Crippen MR) is 95.9 cm³/mol. The zero-order valence-electron chi connectivity index (χ0n) is 14.1. The van der Waals surface area contributed by atoms with Gasteiger partial charge in [-0.25, -0.2) is 0 Å². The highest BCUT2D eigenvalue weighted by atomic mass is 14.3. The largest absolute Gasteiger partial charge is 0.120 e. The SMILES string of the molecule is C#CCC(C#CC)(CCC=C)CCCCC=CCCCC. The lowest BCUT2D eigenvalue weighted by Crippen LogP contribution is -2.18. The highest BCUT2D eigenvalue weighted by Gasteiger charge is 2.25. The Morgan fingerprint density at radius 3 is 2.33 bits per heavy atom. The van der Waals surface area contributed by atoms with E-state index in [1.165, 1.54) is 38.5 Å². The quantitative estimate of drug-likeness (QED) is 0.224. The molecule has 0 saturated heterocycles. The Hall–Kier alpha value is -1.40. The second-order valence-corrected chi connectivity index (χ2v) is 5.72. The van der Waals surface area contributed by atoms with Crippen LogP contribution in [0.4, 0.5) is 0 Å². The predicted octanol–water partition coefficient (Wildman–Crippen LogP) is 6.29. The van der Waals surface area contributed by atoms with Crippen molar-refractivity contribution in [2.24, 2.45) is 5.41 Å². The average molecular weight is 284 g/mol. The number of allylic oxidation sites excluding steroid dienone is 3. The maximum Gasteiger partial charge on any atom is 0.0426 e. The zero-order chi connectivity index (χ0) is 15.8. The monoisotopic (exact) mass is 284 g/mol. The molecule has 0 nitrogen and oxygen atoms in total. The topological polar surface area (TPSA) is 0 Å². The van der Waals surface area contributed by atoms with Crippen LogP contribution in [0.1, 0.15) is 78.1 Å². The number of rotatable bonds is 12. The van der Waals surface area contributed by atoms with Gasteiger partial charge in [0.1, 0.15) is 0 Å². The fourth-order valence-corrected chi connectivity index (χ4v) is 2.59. The summed E-state index contributed by atoms with van der Waals surface area (Å²) in [4.78, 5) is 0. The van der Waals surface area contributed by atoms with Crippen molar-refractivity contribution < 1.29 is 0 Å². The van der Waals surface area contributed by atoms with E-state index in [0.717, 1.165) is 25.7 Å². The molecule has 1 unspecified atom stereocenters. The van der Waals surface area contributed by atoms with Crippen LogP contribution < -0.4 is 0 Å². The molecular weight excluding hydrogens is 252 g/mol. The van der Waals surface area contributed by atoms with Crippen LogP contribution in [0.5, 0.6) is 0 Å². The zero-order valence-corrected chi connectivity index (χ0v) is 14.1. The average Bonchev–Trinajstić information content (AvgIpc) is 2.48. The highest BCUT2D eigenvalue weighted by Crippen LogP contribution is 2.33. The molecule has 0 aliphatic heterocycles. The fraction of sp³-hybridized carbons (Fsp3) is 0.619. The summed E-state index contributed by atoms with van der Waals surface area (Å²) in [5.41, 5.74) is 0.00359. The number of unbranched alkanes of at least 4 members (excludes halogenated alkanes) is 4. The van der Waals surface area contributed by atoms with Crippen molar-refractivity contribution in [1.82, 2.24) is 0 Å². The molecule has 0 amide bonds. The van der Waals surface area contributed by atoms with Gasteiger partial charge in [-0.05, 0) is 45.4 Å². The Labute approximate surface area is 133 Å². The van der Waals surface area contributed by atoms with Crippen LogP contribution in [-0.2, 0) is 0 Å². The number of hydrogen-bond acceptors (Lipinski definition) is 0. The first-order valence-electron chi connectivity index (χ1n) is 8.38. The van der Waals surface area contributed by atoms with Crippen LogP contribution in [0.3, 0.4) is 0 Å². The molecule has 0 bridgehead atoms. The van der Waals surface area contributed by atoms with Gasteiger partial charge in [-0.1, -0.05) is 50.3 Å². The maximum absolute atomic E-state index is 5.56. The van der Waals surface area contributed by atoms with Crippen LogP contribution in [0.2, 0.25) is 0 Å². The Kier molecular flexibility index (Phi) is 12.7. The molecule has 0 aliphatic rings. The van der Waals surface area contributed by atoms with Gasteiger partial charge in [0, 0.05) is 11.8 Å². The second-order valence-electron chi connectivity index (χ2n) is 5.72. The van der Waals surface area contributed by atoms with Gasteiger partial charge < -0.3 is 0 Å². The fourth-order valence-electron chi connectivity index (χ4n) is 2.59. The smallest absolute Gasteiger partial charge is 0.0426 e. The first-order valence-corrected chi connectivity index (χ1v) is 8.38. The molecule has 0 aromatic carbocycles. The van der Waals surface area contributed by atoms with Crippen molar-refractivity contribution in [3.63, 3.8) is 0 Å². The highest BCUT2D eigenvalue weighted by molar-refractivity contribution is 5.15. The lowest BCUT2D eigenvalue weighted by molar-refractivity contribution is 0.338. The molecule has 1 atom stereocenters. The van der Waals surface area contributed by atoms with Crippen molar-refractivity contribution in [2.75, 3.05) is 0 Å². The summed E-state index contributed by atoms with van der Waals surface area (Å²) < 4.78 is 0. The minimum atomic E-state index is 0.00359. The van der Waals surface area contributed by atoms with E-state index in [1.54, 1.807) is 0 Å².